The summed E-state index contributed by atoms with van der Waals surface area (Å²) in [5.74, 6) is -0.691. The number of benzene rings is 1. The zero-order valence-corrected chi connectivity index (χ0v) is 12.1. The summed E-state index contributed by atoms with van der Waals surface area (Å²) >= 11 is 7.35. The lowest BCUT2D eigenvalue weighted by Gasteiger charge is -2.23. The van der Waals surface area contributed by atoms with Crippen molar-refractivity contribution in [2.75, 3.05) is 19.0 Å². The van der Waals surface area contributed by atoms with E-state index in [1.54, 1.807) is 18.2 Å². The fourth-order valence-electron chi connectivity index (χ4n) is 1.38. The van der Waals surface area contributed by atoms with Crippen LogP contribution in [-0.4, -0.2) is 36.0 Å². The molecule has 0 fully saturated rings. The molecule has 2 nitrogen and oxygen atoms in total. The number of hydrogen-bond acceptors (Lipinski definition) is 1. The molecule has 0 heterocycles. The lowest BCUT2D eigenvalue weighted by molar-refractivity contribution is -0.140. The molecule has 0 aliphatic heterocycles. The maximum Gasteiger partial charge on any atom is 0.406 e. The zero-order chi connectivity index (χ0) is 13.8. The van der Waals surface area contributed by atoms with Crippen LogP contribution < -0.4 is 0 Å². The minimum atomic E-state index is -4.43. The average molecular weight is 392 g/mol. The van der Waals surface area contributed by atoms with Crippen molar-refractivity contribution in [3.63, 3.8) is 0 Å². The van der Waals surface area contributed by atoms with Gasteiger partial charge in [-0.1, -0.05) is 12.1 Å². The molecule has 100 valence electrons. The lowest BCUT2D eigenvalue weighted by Crippen LogP contribution is -2.40. The lowest BCUT2D eigenvalue weighted by atomic mass is 10.2. The van der Waals surface area contributed by atoms with Gasteiger partial charge in [-0.15, -0.1) is 11.6 Å². The van der Waals surface area contributed by atoms with E-state index >= 15 is 0 Å². The number of carbonyl (C=O) groups excluding carboxylic acids is 1. The van der Waals surface area contributed by atoms with Crippen LogP contribution in [0.3, 0.4) is 0 Å². The highest BCUT2D eigenvalue weighted by Gasteiger charge is 2.33. The Bertz CT molecular complexity index is 425. The monoisotopic (exact) mass is 391 g/mol. The third-order valence-electron chi connectivity index (χ3n) is 2.12. The van der Waals surface area contributed by atoms with Gasteiger partial charge in [-0.05, 0) is 34.7 Å². The minimum absolute atomic E-state index is 0.0365. The van der Waals surface area contributed by atoms with Gasteiger partial charge in [0.25, 0.3) is 5.91 Å². The highest BCUT2D eigenvalue weighted by atomic mass is 127. The molecule has 0 saturated heterocycles. The second kappa shape index (κ2) is 6.60. The number of alkyl halides is 4. The van der Waals surface area contributed by atoms with Crippen molar-refractivity contribution in [1.29, 1.82) is 0 Å². The van der Waals surface area contributed by atoms with Gasteiger partial charge in [0.1, 0.15) is 6.54 Å². The molecule has 0 aliphatic carbocycles. The molecule has 1 aromatic rings. The van der Waals surface area contributed by atoms with Gasteiger partial charge < -0.3 is 4.90 Å². The van der Waals surface area contributed by atoms with E-state index in [4.69, 9.17) is 11.6 Å². The van der Waals surface area contributed by atoms with Gasteiger partial charge in [0.2, 0.25) is 0 Å². The largest absolute Gasteiger partial charge is 0.406 e. The Morgan fingerprint density at radius 3 is 2.44 bits per heavy atom. The van der Waals surface area contributed by atoms with Gasteiger partial charge in [0.15, 0.2) is 0 Å². The number of halogens is 5. The molecule has 0 aromatic heterocycles. The molecule has 1 amide bonds. The third-order valence-corrected chi connectivity index (χ3v) is 3.23. The Kier molecular flexibility index (Phi) is 5.71. The van der Waals surface area contributed by atoms with Crippen LogP contribution in [0, 0.1) is 3.57 Å². The minimum Gasteiger partial charge on any atom is -0.328 e. The van der Waals surface area contributed by atoms with Gasteiger partial charge in [-0.25, -0.2) is 0 Å². The van der Waals surface area contributed by atoms with Crippen molar-refractivity contribution in [2.24, 2.45) is 0 Å². The van der Waals surface area contributed by atoms with E-state index in [0.29, 0.717) is 8.47 Å². The summed E-state index contributed by atoms with van der Waals surface area (Å²) in [5, 5.41) is 0. The van der Waals surface area contributed by atoms with Crippen molar-refractivity contribution in [3.8, 4) is 0 Å². The van der Waals surface area contributed by atoms with E-state index in [-0.39, 0.29) is 18.0 Å². The Balaban J connectivity index is 2.93. The van der Waals surface area contributed by atoms with Crippen molar-refractivity contribution < 1.29 is 18.0 Å². The maximum absolute atomic E-state index is 12.4. The predicted molar refractivity (Wildman–Crippen MR) is 71.8 cm³/mol. The molecule has 18 heavy (non-hydrogen) atoms. The summed E-state index contributed by atoms with van der Waals surface area (Å²) < 4.78 is 37.7. The predicted octanol–water partition coefficient (Wildman–Crippen LogP) is 3.53. The molecule has 0 aliphatic rings. The van der Waals surface area contributed by atoms with Crippen LogP contribution in [0.2, 0.25) is 0 Å². The van der Waals surface area contributed by atoms with Crippen LogP contribution in [-0.2, 0) is 0 Å². The number of nitrogens with zero attached hydrogens (tertiary/aromatic N) is 1. The quantitative estimate of drug-likeness (QED) is 0.568. The molecule has 0 radical (unpaired) electrons. The van der Waals surface area contributed by atoms with Crippen molar-refractivity contribution >= 4 is 40.1 Å². The van der Waals surface area contributed by atoms with Crippen LogP contribution in [0.25, 0.3) is 0 Å². The second-order valence-corrected chi connectivity index (χ2v) is 5.05. The van der Waals surface area contributed by atoms with Gasteiger partial charge in [0.05, 0.1) is 5.56 Å². The average Bonchev–Trinajstić information content (AvgIpc) is 2.26. The van der Waals surface area contributed by atoms with Gasteiger partial charge in [0, 0.05) is 16.0 Å². The van der Waals surface area contributed by atoms with E-state index in [2.05, 4.69) is 0 Å². The Labute approximate surface area is 121 Å². The summed E-state index contributed by atoms with van der Waals surface area (Å²) in [7, 11) is 0. The van der Waals surface area contributed by atoms with Crippen LogP contribution >= 0.6 is 34.2 Å². The van der Waals surface area contributed by atoms with E-state index in [9.17, 15) is 18.0 Å². The number of rotatable bonds is 4. The number of carbonyl (C=O) groups is 1. The number of hydrogen-bond donors (Lipinski definition) is 0. The normalized spacial score (nSPS) is 11.4. The smallest absolute Gasteiger partial charge is 0.328 e. The molecular weight excluding hydrogens is 381 g/mol. The summed E-state index contributed by atoms with van der Waals surface area (Å²) in [6.45, 7) is -1.42. The van der Waals surface area contributed by atoms with Crippen LogP contribution in [0.4, 0.5) is 13.2 Å². The molecule has 1 aromatic carbocycles. The first-order valence-corrected chi connectivity index (χ1v) is 6.63. The molecule has 7 heteroatoms. The Morgan fingerprint density at radius 1 is 1.33 bits per heavy atom. The standard InChI is InChI=1S/C11H10ClF3INO/c12-5-6-17(7-11(13,14)15)10(18)8-3-1-2-4-9(8)16/h1-4H,5-7H2. The van der Waals surface area contributed by atoms with Crippen LogP contribution in [0.15, 0.2) is 24.3 Å². The van der Waals surface area contributed by atoms with Gasteiger partial charge >= 0.3 is 6.18 Å². The Morgan fingerprint density at radius 2 is 1.94 bits per heavy atom. The number of amides is 1. The fraction of sp³-hybridized carbons (Fsp3) is 0.364. The molecule has 1 rings (SSSR count). The van der Waals surface area contributed by atoms with Gasteiger partial charge in [-0.2, -0.15) is 13.2 Å². The second-order valence-electron chi connectivity index (χ2n) is 3.51. The molecule has 0 spiro atoms. The van der Waals surface area contributed by atoms with Crippen LogP contribution in [0.1, 0.15) is 10.4 Å². The molecule has 0 saturated carbocycles. The fourth-order valence-corrected chi connectivity index (χ4v) is 2.20. The molecule has 0 unspecified atom stereocenters. The molecular formula is C11H10ClF3INO. The topological polar surface area (TPSA) is 20.3 Å². The van der Waals surface area contributed by atoms with Crippen molar-refractivity contribution in [2.45, 2.75) is 6.18 Å². The first-order valence-electron chi connectivity index (χ1n) is 5.01. The third kappa shape index (κ3) is 4.64. The first-order chi connectivity index (χ1) is 8.35. The van der Waals surface area contributed by atoms with Crippen molar-refractivity contribution in [3.05, 3.63) is 33.4 Å². The highest BCUT2D eigenvalue weighted by molar-refractivity contribution is 14.1. The molecule has 0 bridgehead atoms. The van der Waals surface area contributed by atoms with Crippen LogP contribution in [0.5, 0.6) is 0 Å². The van der Waals surface area contributed by atoms with E-state index in [1.165, 1.54) is 6.07 Å². The Hall–Kier alpha value is -0.500. The van der Waals surface area contributed by atoms with Crippen molar-refractivity contribution in [1.82, 2.24) is 4.90 Å². The summed E-state index contributed by atoms with van der Waals surface area (Å²) in [4.78, 5) is 12.7. The summed E-state index contributed by atoms with van der Waals surface area (Å²) in [6, 6.07) is 6.50. The van der Waals surface area contributed by atoms with Gasteiger partial charge in [-0.3, -0.25) is 4.79 Å². The molecule has 0 atom stereocenters. The SMILES string of the molecule is O=C(c1ccccc1I)N(CCCl)CC(F)(F)F. The van der Waals surface area contributed by atoms with E-state index in [0.717, 1.165) is 0 Å². The molecule has 0 N–H and O–H groups in total. The van der Waals surface area contributed by atoms with E-state index in [1.807, 2.05) is 22.6 Å². The maximum atomic E-state index is 12.4. The zero-order valence-electron chi connectivity index (χ0n) is 9.18. The van der Waals surface area contributed by atoms with E-state index < -0.39 is 18.6 Å². The first kappa shape index (κ1) is 15.6. The summed E-state index contributed by atoms with van der Waals surface area (Å²) in [5.41, 5.74) is 0.257. The summed E-state index contributed by atoms with van der Waals surface area (Å²) in [6.07, 6.45) is -4.43. The highest BCUT2D eigenvalue weighted by Crippen LogP contribution is 2.20.